The van der Waals surface area contributed by atoms with Crippen LogP contribution in [0, 0.1) is 0 Å². The number of piperazine rings is 2. The van der Waals surface area contributed by atoms with E-state index in [4.69, 9.17) is 16.3 Å². The molecule has 0 spiro atoms. The number of nitrogens with one attached hydrogen (secondary N) is 1. The van der Waals surface area contributed by atoms with E-state index in [1.165, 1.54) is 4.90 Å². The molecule has 8 heteroatoms. The molecule has 2 aromatic carbocycles. The van der Waals surface area contributed by atoms with Crippen LogP contribution >= 0.6 is 11.6 Å². The van der Waals surface area contributed by atoms with Crippen molar-refractivity contribution in [3.05, 3.63) is 65.2 Å². The Morgan fingerprint density at radius 3 is 2.52 bits per heavy atom. The summed E-state index contributed by atoms with van der Waals surface area (Å²) >= 11 is 5.90. The van der Waals surface area contributed by atoms with Gasteiger partial charge >= 0.3 is 6.09 Å². The average molecular weight is 414 g/mol. The molecule has 0 unspecified atom stereocenters. The van der Waals surface area contributed by atoms with Gasteiger partial charge in [0.15, 0.2) is 0 Å². The smallest absolute Gasteiger partial charge is 0.410 e. The van der Waals surface area contributed by atoms with E-state index in [2.05, 4.69) is 5.32 Å². The van der Waals surface area contributed by atoms with Gasteiger partial charge in [0.05, 0.1) is 6.54 Å². The van der Waals surface area contributed by atoms with Gasteiger partial charge in [-0.05, 0) is 29.8 Å². The van der Waals surface area contributed by atoms with Gasteiger partial charge in [0.1, 0.15) is 17.8 Å². The van der Waals surface area contributed by atoms with Crippen LogP contribution in [0.4, 0.5) is 4.79 Å². The first-order valence-electron chi connectivity index (χ1n) is 9.38. The molecule has 2 aliphatic heterocycles. The fourth-order valence-corrected chi connectivity index (χ4v) is 3.74. The number of amides is 3. The Balaban J connectivity index is 1.40. The molecule has 0 saturated carbocycles. The fraction of sp³-hybridized carbons (Fsp3) is 0.286. The predicted octanol–water partition coefficient (Wildman–Crippen LogP) is 2.09. The van der Waals surface area contributed by atoms with Gasteiger partial charge in [-0.25, -0.2) is 4.79 Å². The van der Waals surface area contributed by atoms with Crippen molar-refractivity contribution in [2.24, 2.45) is 0 Å². The van der Waals surface area contributed by atoms with Crippen LogP contribution in [0.5, 0.6) is 5.75 Å². The summed E-state index contributed by atoms with van der Waals surface area (Å²) in [5, 5.41) is 3.41. The molecule has 0 bridgehead atoms. The second kappa shape index (κ2) is 8.13. The summed E-state index contributed by atoms with van der Waals surface area (Å²) in [6.07, 6.45) is -0.135. The molecule has 3 amide bonds. The lowest BCUT2D eigenvalue weighted by Gasteiger charge is -2.44. The SMILES string of the molecule is O=C1N[C@@H](Cc2ccc(Cl)cc2)C(=O)N2CCN(C(=O)Oc3ccccc3)C[C@H]12. The summed E-state index contributed by atoms with van der Waals surface area (Å²) in [5.41, 5.74) is 0.913. The summed E-state index contributed by atoms with van der Waals surface area (Å²) in [5.74, 6) is 0.0357. The van der Waals surface area contributed by atoms with Crippen LogP contribution in [-0.4, -0.2) is 59.4 Å². The molecule has 2 saturated heterocycles. The van der Waals surface area contributed by atoms with E-state index >= 15 is 0 Å². The number of fused-ring (bicyclic) bond motifs is 1. The molecule has 2 fully saturated rings. The third-order valence-electron chi connectivity index (χ3n) is 5.14. The molecule has 0 aromatic heterocycles. The van der Waals surface area contributed by atoms with E-state index < -0.39 is 18.2 Å². The fourth-order valence-electron chi connectivity index (χ4n) is 3.62. The van der Waals surface area contributed by atoms with Gasteiger partial charge in [0.2, 0.25) is 11.8 Å². The van der Waals surface area contributed by atoms with Gasteiger partial charge in [0.25, 0.3) is 0 Å². The van der Waals surface area contributed by atoms with Crippen molar-refractivity contribution in [3.63, 3.8) is 0 Å². The van der Waals surface area contributed by atoms with E-state index in [1.54, 1.807) is 41.3 Å². The number of carbonyl (C=O) groups excluding carboxylic acids is 3. The Morgan fingerprint density at radius 2 is 1.79 bits per heavy atom. The van der Waals surface area contributed by atoms with Gasteiger partial charge in [-0.1, -0.05) is 41.9 Å². The topological polar surface area (TPSA) is 79.0 Å². The highest BCUT2D eigenvalue weighted by Gasteiger charge is 2.44. The van der Waals surface area contributed by atoms with Crippen LogP contribution in [0.3, 0.4) is 0 Å². The highest BCUT2D eigenvalue weighted by molar-refractivity contribution is 6.30. The normalized spacial score (nSPS) is 21.4. The van der Waals surface area contributed by atoms with Gasteiger partial charge in [0, 0.05) is 24.5 Å². The van der Waals surface area contributed by atoms with E-state index in [-0.39, 0.29) is 24.9 Å². The lowest BCUT2D eigenvalue weighted by molar-refractivity contribution is -0.152. The van der Waals surface area contributed by atoms with Crippen LogP contribution in [0.2, 0.25) is 5.02 Å². The maximum absolute atomic E-state index is 12.9. The minimum atomic E-state index is -0.707. The Hall–Kier alpha value is -3.06. The minimum absolute atomic E-state index is 0.108. The molecule has 2 aliphatic rings. The number of hydrogen-bond donors (Lipinski definition) is 1. The quantitative estimate of drug-likeness (QED) is 0.835. The zero-order valence-electron chi connectivity index (χ0n) is 15.6. The largest absolute Gasteiger partial charge is 0.415 e. The number of para-hydroxylation sites is 1. The van der Waals surface area contributed by atoms with Gasteiger partial charge in [-0.3, -0.25) is 9.59 Å². The first-order valence-corrected chi connectivity index (χ1v) is 9.76. The highest BCUT2D eigenvalue weighted by Crippen LogP contribution is 2.20. The molecule has 2 heterocycles. The summed E-state index contributed by atoms with van der Waals surface area (Å²) in [7, 11) is 0. The second-order valence-electron chi connectivity index (χ2n) is 7.07. The lowest BCUT2D eigenvalue weighted by Crippen LogP contribution is -2.70. The van der Waals surface area contributed by atoms with Crippen LogP contribution < -0.4 is 10.1 Å². The Morgan fingerprint density at radius 1 is 1.07 bits per heavy atom. The average Bonchev–Trinajstić information content (AvgIpc) is 2.74. The molecule has 0 aliphatic carbocycles. The molecular weight excluding hydrogens is 394 g/mol. The van der Waals surface area contributed by atoms with E-state index in [0.717, 1.165) is 5.56 Å². The number of rotatable bonds is 3. The molecule has 7 nitrogen and oxygen atoms in total. The Labute approximate surface area is 173 Å². The van der Waals surface area contributed by atoms with Crippen LogP contribution in [0.25, 0.3) is 0 Å². The summed E-state index contributed by atoms with van der Waals surface area (Å²) in [6.45, 7) is 0.712. The molecule has 4 rings (SSSR count). The van der Waals surface area contributed by atoms with Crippen molar-refractivity contribution >= 4 is 29.5 Å². The first-order chi connectivity index (χ1) is 14.0. The van der Waals surface area contributed by atoms with Crippen molar-refractivity contribution < 1.29 is 19.1 Å². The molecule has 2 aromatic rings. The molecule has 1 N–H and O–H groups in total. The number of ether oxygens (including phenoxy) is 1. The van der Waals surface area contributed by atoms with Crippen molar-refractivity contribution in [2.45, 2.75) is 18.5 Å². The summed E-state index contributed by atoms with van der Waals surface area (Å²) in [4.78, 5) is 41.0. The third kappa shape index (κ3) is 4.19. The molecule has 0 radical (unpaired) electrons. The number of benzene rings is 2. The first kappa shape index (κ1) is 19.3. The van der Waals surface area contributed by atoms with Gasteiger partial charge in [-0.15, -0.1) is 0 Å². The molecule has 2 atom stereocenters. The zero-order chi connectivity index (χ0) is 20.4. The van der Waals surface area contributed by atoms with E-state index in [9.17, 15) is 14.4 Å². The van der Waals surface area contributed by atoms with E-state index in [0.29, 0.717) is 23.7 Å². The second-order valence-corrected chi connectivity index (χ2v) is 7.50. The van der Waals surface area contributed by atoms with Crippen LogP contribution in [0.15, 0.2) is 54.6 Å². The number of nitrogens with zero attached hydrogens (tertiary/aromatic N) is 2. The summed E-state index contributed by atoms with van der Waals surface area (Å²) in [6, 6.07) is 14.6. The van der Waals surface area contributed by atoms with Crippen molar-refractivity contribution in [2.75, 3.05) is 19.6 Å². The van der Waals surface area contributed by atoms with Crippen molar-refractivity contribution in [3.8, 4) is 5.75 Å². The Bertz CT molecular complexity index is 919. The third-order valence-corrected chi connectivity index (χ3v) is 5.39. The summed E-state index contributed by atoms with van der Waals surface area (Å²) < 4.78 is 5.35. The number of hydrogen-bond acceptors (Lipinski definition) is 4. The monoisotopic (exact) mass is 413 g/mol. The maximum atomic E-state index is 12.9. The highest BCUT2D eigenvalue weighted by atomic mass is 35.5. The van der Waals surface area contributed by atoms with Gasteiger partial charge in [-0.2, -0.15) is 0 Å². The van der Waals surface area contributed by atoms with Crippen LogP contribution in [0.1, 0.15) is 5.56 Å². The zero-order valence-corrected chi connectivity index (χ0v) is 16.3. The minimum Gasteiger partial charge on any atom is -0.410 e. The van der Waals surface area contributed by atoms with Gasteiger partial charge < -0.3 is 19.9 Å². The predicted molar refractivity (Wildman–Crippen MR) is 107 cm³/mol. The van der Waals surface area contributed by atoms with Crippen molar-refractivity contribution in [1.29, 1.82) is 0 Å². The number of halogens is 1. The molecule has 150 valence electrons. The standard InChI is InChI=1S/C21H20ClN3O4/c22-15-8-6-14(7-9-15)12-17-20(27)25-11-10-24(13-18(25)19(26)23-17)21(28)29-16-4-2-1-3-5-16/h1-9,17-18H,10-13H2,(H,23,26)/t17-,18+/m0/s1. The van der Waals surface area contributed by atoms with Crippen molar-refractivity contribution in [1.82, 2.24) is 15.1 Å². The van der Waals surface area contributed by atoms with Crippen LogP contribution in [-0.2, 0) is 16.0 Å². The molecular formula is C21H20ClN3O4. The Kier molecular flexibility index (Phi) is 5.40. The maximum Gasteiger partial charge on any atom is 0.415 e. The number of carbonyl (C=O) groups is 3. The lowest BCUT2D eigenvalue weighted by atomic mass is 9.99. The molecule has 29 heavy (non-hydrogen) atoms. The van der Waals surface area contributed by atoms with E-state index in [1.807, 2.05) is 18.2 Å².